The lowest BCUT2D eigenvalue weighted by molar-refractivity contribution is 0.0473. The molecular formula is C17H20FN3O4. The average Bonchev–Trinajstić information content (AvgIpc) is 2.86. The summed E-state index contributed by atoms with van der Waals surface area (Å²) in [6.07, 6.45) is 0.801. The molecule has 7 nitrogen and oxygen atoms in total. The van der Waals surface area contributed by atoms with Crippen LogP contribution in [0.25, 0.3) is 0 Å². The average molecular weight is 349 g/mol. The number of hydrogen-bond acceptors (Lipinski definition) is 6. The number of nitrogen functional groups attached to an aromatic ring is 1. The summed E-state index contributed by atoms with van der Waals surface area (Å²) in [6, 6.07) is 3.82. The van der Waals surface area contributed by atoms with Crippen molar-refractivity contribution in [3.05, 3.63) is 40.8 Å². The van der Waals surface area contributed by atoms with Gasteiger partial charge in [0.15, 0.2) is 6.61 Å². The Morgan fingerprint density at radius 2 is 2.08 bits per heavy atom. The predicted octanol–water partition coefficient (Wildman–Crippen LogP) is 2.37. The summed E-state index contributed by atoms with van der Waals surface area (Å²) in [6.45, 7) is 3.55. The van der Waals surface area contributed by atoms with Crippen molar-refractivity contribution in [1.29, 1.82) is 0 Å². The number of esters is 1. The van der Waals surface area contributed by atoms with Crippen LogP contribution in [0.1, 0.15) is 39.8 Å². The van der Waals surface area contributed by atoms with E-state index in [9.17, 15) is 14.0 Å². The third kappa shape index (κ3) is 3.96. The van der Waals surface area contributed by atoms with Gasteiger partial charge in [0.25, 0.3) is 0 Å². The Hall–Kier alpha value is -2.90. The van der Waals surface area contributed by atoms with Crippen LogP contribution in [0.2, 0.25) is 0 Å². The Morgan fingerprint density at radius 1 is 1.36 bits per heavy atom. The zero-order valence-electron chi connectivity index (χ0n) is 14.3. The Morgan fingerprint density at radius 3 is 2.68 bits per heavy atom. The van der Waals surface area contributed by atoms with Gasteiger partial charge in [0.1, 0.15) is 22.9 Å². The van der Waals surface area contributed by atoms with Gasteiger partial charge in [0.2, 0.25) is 5.78 Å². The summed E-state index contributed by atoms with van der Waals surface area (Å²) in [5, 5.41) is 4.17. The van der Waals surface area contributed by atoms with E-state index in [1.165, 1.54) is 23.9 Å². The molecule has 0 saturated carbocycles. The van der Waals surface area contributed by atoms with Crippen molar-refractivity contribution >= 4 is 17.6 Å². The van der Waals surface area contributed by atoms with Gasteiger partial charge in [-0.3, -0.25) is 4.79 Å². The third-order valence-electron chi connectivity index (χ3n) is 3.62. The lowest BCUT2D eigenvalue weighted by Crippen LogP contribution is -2.17. The first kappa shape index (κ1) is 18.4. The number of aryl methyl sites for hydroxylation is 2. The number of anilines is 1. The van der Waals surface area contributed by atoms with E-state index in [-0.39, 0.29) is 22.7 Å². The number of benzene rings is 1. The smallest absolute Gasteiger partial charge is 0.344 e. The van der Waals surface area contributed by atoms with Crippen LogP contribution in [0, 0.1) is 12.7 Å². The minimum atomic E-state index is -0.764. The van der Waals surface area contributed by atoms with Crippen molar-refractivity contribution < 1.29 is 23.5 Å². The molecule has 2 N–H and O–H groups in total. The largest absolute Gasteiger partial charge is 0.497 e. The molecule has 0 radical (unpaired) electrons. The zero-order valence-corrected chi connectivity index (χ0v) is 14.3. The highest BCUT2D eigenvalue weighted by molar-refractivity contribution is 6.01. The van der Waals surface area contributed by atoms with E-state index in [0.29, 0.717) is 12.2 Å². The number of ether oxygens (including phenoxy) is 2. The van der Waals surface area contributed by atoms with E-state index < -0.39 is 24.2 Å². The van der Waals surface area contributed by atoms with Crippen LogP contribution in [0.5, 0.6) is 5.75 Å². The summed E-state index contributed by atoms with van der Waals surface area (Å²) in [5.41, 5.74) is 6.26. The van der Waals surface area contributed by atoms with Crippen LogP contribution in [-0.4, -0.2) is 35.2 Å². The molecule has 0 bridgehead atoms. The van der Waals surface area contributed by atoms with E-state index >= 15 is 0 Å². The zero-order chi connectivity index (χ0) is 18.6. The Labute approximate surface area is 144 Å². The number of halogens is 1. The van der Waals surface area contributed by atoms with Crippen molar-refractivity contribution in [1.82, 2.24) is 9.78 Å². The number of carbonyl (C=O) groups is 2. The Balaban J connectivity index is 2.08. The van der Waals surface area contributed by atoms with Gasteiger partial charge in [0.05, 0.1) is 18.4 Å². The van der Waals surface area contributed by atoms with Gasteiger partial charge >= 0.3 is 5.97 Å². The minimum absolute atomic E-state index is 0.122. The second-order valence-corrected chi connectivity index (χ2v) is 5.41. The van der Waals surface area contributed by atoms with Crippen LogP contribution < -0.4 is 10.5 Å². The SMILES string of the molecule is CCCn1nc(C)c(C(=O)OCC(=O)c2ccc(OC)cc2F)c1N. The third-order valence-corrected chi connectivity index (χ3v) is 3.62. The molecule has 1 aromatic heterocycles. The van der Waals surface area contributed by atoms with Crippen molar-refractivity contribution in [3.63, 3.8) is 0 Å². The number of ketones is 1. The molecule has 0 spiro atoms. The van der Waals surface area contributed by atoms with Crippen molar-refractivity contribution in [2.45, 2.75) is 26.8 Å². The second kappa shape index (κ2) is 7.78. The lowest BCUT2D eigenvalue weighted by atomic mass is 10.1. The number of rotatable bonds is 7. The maximum absolute atomic E-state index is 13.9. The van der Waals surface area contributed by atoms with Crippen LogP contribution in [0.4, 0.5) is 10.2 Å². The number of methoxy groups -OCH3 is 1. The first-order valence-electron chi connectivity index (χ1n) is 7.75. The molecule has 2 aromatic rings. The topological polar surface area (TPSA) is 96.4 Å². The number of Topliss-reactive ketones (excluding diaryl/α,β-unsaturated/α-hetero) is 1. The summed E-state index contributed by atoms with van der Waals surface area (Å²) in [4.78, 5) is 24.3. The summed E-state index contributed by atoms with van der Waals surface area (Å²) in [5.74, 6) is -1.69. The van der Waals surface area contributed by atoms with Gasteiger partial charge in [-0.25, -0.2) is 13.9 Å². The molecule has 0 saturated heterocycles. The van der Waals surface area contributed by atoms with Gasteiger partial charge in [0, 0.05) is 12.6 Å². The van der Waals surface area contributed by atoms with Gasteiger partial charge in [-0.2, -0.15) is 5.10 Å². The highest BCUT2D eigenvalue weighted by Crippen LogP contribution is 2.19. The molecule has 0 unspecified atom stereocenters. The van der Waals surface area contributed by atoms with Crippen LogP contribution in [0.3, 0.4) is 0 Å². The molecule has 1 aromatic carbocycles. The molecule has 0 atom stereocenters. The minimum Gasteiger partial charge on any atom is -0.497 e. The molecule has 0 aliphatic heterocycles. The summed E-state index contributed by atoms with van der Waals surface area (Å²) in [7, 11) is 1.39. The normalized spacial score (nSPS) is 10.6. The number of carbonyl (C=O) groups excluding carboxylic acids is 2. The van der Waals surface area contributed by atoms with E-state index in [1.807, 2.05) is 6.92 Å². The number of nitrogens with zero attached hydrogens (tertiary/aromatic N) is 2. The molecule has 0 fully saturated rings. The van der Waals surface area contributed by atoms with E-state index in [0.717, 1.165) is 12.5 Å². The number of nitrogens with two attached hydrogens (primary N) is 1. The summed E-state index contributed by atoms with van der Waals surface area (Å²) >= 11 is 0. The molecule has 2 rings (SSSR count). The van der Waals surface area contributed by atoms with E-state index in [2.05, 4.69) is 5.10 Å². The quantitative estimate of drug-likeness (QED) is 0.609. The fourth-order valence-corrected chi connectivity index (χ4v) is 2.36. The van der Waals surface area contributed by atoms with E-state index in [1.54, 1.807) is 6.92 Å². The molecule has 0 amide bonds. The second-order valence-electron chi connectivity index (χ2n) is 5.41. The molecule has 8 heteroatoms. The van der Waals surface area contributed by atoms with Crippen LogP contribution in [0.15, 0.2) is 18.2 Å². The standard InChI is InChI=1S/C17H20FN3O4/c1-4-7-21-16(19)15(10(2)20-21)17(23)25-9-14(22)12-6-5-11(24-3)8-13(12)18/h5-6,8H,4,7,9,19H2,1-3H3. The lowest BCUT2D eigenvalue weighted by Gasteiger charge is -2.07. The fourth-order valence-electron chi connectivity index (χ4n) is 2.36. The van der Waals surface area contributed by atoms with Crippen LogP contribution in [-0.2, 0) is 11.3 Å². The fraction of sp³-hybridized carbons (Fsp3) is 0.353. The molecule has 1 heterocycles. The molecular weight excluding hydrogens is 329 g/mol. The van der Waals surface area contributed by atoms with Gasteiger partial charge in [-0.05, 0) is 25.5 Å². The molecule has 0 aliphatic carbocycles. The monoisotopic (exact) mass is 349 g/mol. The molecule has 0 aliphatic rings. The first-order valence-corrected chi connectivity index (χ1v) is 7.75. The highest BCUT2D eigenvalue weighted by Gasteiger charge is 2.22. The summed E-state index contributed by atoms with van der Waals surface area (Å²) < 4.78 is 25.3. The molecule has 25 heavy (non-hydrogen) atoms. The highest BCUT2D eigenvalue weighted by atomic mass is 19.1. The van der Waals surface area contributed by atoms with Crippen molar-refractivity contribution in [3.8, 4) is 5.75 Å². The van der Waals surface area contributed by atoms with Gasteiger partial charge < -0.3 is 15.2 Å². The van der Waals surface area contributed by atoms with Crippen LogP contribution >= 0.6 is 0 Å². The van der Waals surface area contributed by atoms with Crippen molar-refractivity contribution in [2.75, 3.05) is 19.5 Å². The Kier molecular flexibility index (Phi) is 5.74. The van der Waals surface area contributed by atoms with E-state index in [4.69, 9.17) is 15.2 Å². The van der Waals surface area contributed by atoms with Gasteiger partial charge in [-0.1, -0.05) is 6.92 Å². The number of hydrogen-bond donors (Lipinski definition) is 1. The maximum Gasteiger partial charge on any atom is 0.344 e. The van der Waals surface area contributed by atoms with Crippen molar-refractivity contribution in [2.24, 2.45) is 0 Å². The van der Waals surface area contributed by atoms with Gasteiger partial charge in [-0.15, -0.1) is 0 Å². The predicted molar refractivity (Wildman–Crippen MR) is 89.2 cm³/mol. The maximum atomic E-state index is 13.9. The first-order chi connectivity index (χ1) is 11.9. The number of aromatic nitrogens is 2. The Bertz CT molecular complexity index is 801. The molecule has 134 valence electrons.